The lowest BCUT2D eigenvalue weighted by Gasteiger charge is -2.12. The van der Waals surface area contributed by atoms with Crippen molar-refractivity contribution in [1.29, 1.82) is 0 Å². The molecule has 5 nitrogen and oxygen atoms in total. The largest absolute Gasteiger partial charge is 0.379 e. The minimum Gasteiger partial charge on any atom is -0.379 e. The molecule has 1 heterocycles. The van der Waals surface area contributed by atoms with Crippen molar-refractivity contribution in [1.82, 2.24) is 9.97 Å². The number of anilines is 1. The van der Waals surface area contributed by atoms with Crippen molar-refractivity contribution >= 4 is 5.82 Å². The molecule has 0 saturated heterocycles. The molecule has 0 bridgehead atoms. The molecule has 0 aliphatic heterocycles. The molecular weight excluding hydrogens is 218 g/mol. The highest BCUT2D eigenvalue weighted by molar-refractivity contribution is 5.34. The van der Waals surface area contributed by atoms with Gasteiger partial charge in [-0.1, -0.05) is 0 Å². The van der Waals surface area contributed by atoms with Gasteiger partial charge in [0.1, 0.15) is 12.4 Å². The molecule has 1 aromatic rings. The minimum atomic E-state index is 0.0529. The number of hydrogen-bond donors (Lipinski definition) is 1. The van der Waals surface area contributed by atoms with Gasteiger partial charge in [-0.15, -0.1) is 0 Å². The molecule has 0 aliphatic carbocycles. The van der Waals surface area contributed by atoms with Gasteiger partial charge in [0.15, 0.2) is 5.82 Å². The first-order chi connectivity index (χ1) is 8.15. The van der Waals surface area contributed by atoms with Gasteiger partial charge in [-0.05, 0) is 20.8 Å². The topological polar surface area (TPSA) is 56.3 Å². The molecule has 1 N–H and O–H groups in total. The SMILES string of the molecule is CCOCC(C)OCc1nc(C)cc(NC)n1. The zero-order valence-corrected chi connectivity index (χ0v) is 11.0. The molecule has 0 amide bonds. The third-order valence-corrected chi connectivity index (χ3v) is 2.21. The highest BCUT2D eigenvalue weighted by Crippen LogP contribution is 2.07. The molecule has 1 unspecified atom stereocenters. The molecule has 0 fully saturated rings. The smallest absolute Gasteiger partial charge is 0.156 e. The lowest BCUT2D eigenvalue weighted by atomic mass is 10.4. The van der Waals surface area contributed by atoms with Crippen LogP contribution in [0.2, 0.25) is 0 Å². The Hall–Kier alpha value is -1.20. The standard InChI is InChI=1S/C12H21N3O2/c1-5-16-7-10(3)17-8-12-14-9(2)6-11(13-4)15-12/h6,10H,5,7-8H2,1-4H3,(H,13,14,15). The van der Waals surface area contributed by atoms with E-state index in [1.54, 1.807) is 0 Å². The van der Waals surface area contributed by atoms with E-state index in [0.717, 1.165) is 11.5 Å². The molecule has 0 radical (unpaired) electrons. The van der Waals surface area contributed by atoms with Gasteiger partial charge < -0.3 is 14.8 Å². The molecule has 0 aromatic carbocycles. The Morgan fingerprint density at radius 1 is 1.41 bits per heavy atom. The summed E-state index contributed by atoms with van der Waals surface area (Å²) in [6, 6.07) is 1.90. The van der Waals surface area contributed by atoms with Gasteiger partial charge in [0.25, 0.3) is 0 Å². The van der Waals surface area contributed by atoms with E-state index in [4.69, 9.17) is 9.47 Å². The van der Waals surface area contributed by atoms with E-state index in [9.17, 15) is 0 Å². The first-order valence-electron chi connectivity index (χ1n) is 5.87. The van der Waals surface area contributed by atoms with Crippen molar-refractivity contribution in [2.75, 3.05) is 25.6 Å². The Morgan fingerprint density at radius 2 is 2.18 bits per heavy atom. The predicted molar refractivity (Wildman–Crippen MR) is 67.1 cm³/mol. The van der Waals surface area contributed by atoms with Crippen LogP contribution in [0.4, 0.5) is 5.82 Å². The van der Waals surface area contributed by atoms with Crippen molar-refractivity contribution in [3.63, 3.8) is 0 Å². The van der Waals surface area contributed by atoms with Crippen LogP contribution in [0.5, 0.6) is 0 Å². The summed E-state index contributed by atoms with van der Waals surface area (Å²) in [5, 5.41) is 3.00. The van der Waals surface area contributed by atoms with Gasteiger partial charge in [-0.3, -0.25) is 0 Å². The summed E-state index contributed by atoms with van der Waals surface area (Å²) in [6.45, 7) is 7.60. The summed E-state index contributed by atoms with van der Waals surface area (Å²) >= 11 is 0. The number of aryl methyl sites for hydroxylation is 1. The van der Waals surface area contributed by atoms with Gasteiger partial charge >= 0.3 is 0 Å². The second kappa shape index (κ2) is 7.19. The zero-order valence-electron chi connectivity index (χ0n) is 11.0. The van der Waals surface area contributed by atoms with E-state index in [1.165, 1.54) is 0 Å². The summed E-state index contributed by atoms with van der Waals surface area (Å²) in [4.78, 5) is 8.63. The fourth-order valence-corrected chi connectivity index (χ4v) is 1.37. The van der Waals surface area contributed by atoms with E-state index >= 15 is 0 Å². The maximum Gasteiger partial charge on any atom is 0.156 e. The van der Waals surface area contributed by atoms with Crippen molar-refractivity contribution in [3.05, 3.63) is 17.6 Å². The van der Waals surface area contributed by atoms with Crippen LogP contribution in [0, 0.1) is 6.92 Å². The number of rotatable bonds is 7. The normalized spacial score (nSPS) is 12.5. The number of nitrogens with zero attached hydrogens (tertiary/aromatic N) is 2. The van der Waals surface area contributed by atoms with E-state index in [2.05, 4.69) is 15.3 Å². The number of nitrogens with one attached hydrogen (secondary N) is 1. The average Bonchev–Trinajstić information content (AvgIpc) is 2.33. The summed E-state index contributed by atoms with van der Waals surface area (Å²) in [6.07, 6.45) is 0.0529. The zero-order chi connectivity index (χ0) is 12.7. The van der Waals surface area contributed by atoms with E-state index in [-0.39, 0.29) is 6.10 Å². The van der Waals surface area contributed by atoms with Gasteiger partial charge in [0.2, 0.25) is 0 Å². The van der Waals surface area contributed by atoms with E-state index in [1.807, 2.05) is 33.9 Å². The summed E-state index contributed by atoms with van der Waals surface area (Å²) in [5.74, 6) is 1.51. The van der Waals surface area contributed by atoms with Crippen LogP contribution < -0.4 is 5.32 Å². The fourth-order valence-electron chi connectivity index (χ4n) is 1.37. The molecule has 5 heteroatoms. The first-order valence-corrected chi connectivity index (χ1v) is 5.87. The molecule has 0 saturated carbocycles. The molecule has 1 atom stereocenters. The number of hydrogen-bond acceptors (Lipinski definition) is 5. The summed E-state index contributed by atoms with van der Waals surface area (Å²) in [7, 11) is 1.84. The third kappa shape index (κ3) is 5.10. The van der Waals surface area contributed by atoms with Crippen LogP contribution in [-0.4, -0.2) is 36.3 Å². The van der Waals surface area contributed by atoms with Crippen molar-refractivity contribution in [2.24, 2.45) is 0 Å². The maximum absolute atomic E-state index is 5.61. The van der Waals surface area contributed by atoms with Crippen molar-refractivity contribution in [3.8, 4) is 0 Å². The second-order valence-corrected chi connectivity index (χ2v) is 3.84. The molecular formula is C12H21N3O2. The molecule has 17 heavy (non-hydrogen) atoms. The van der Waals surface area contributed by atoms with Crippen LogP contribution in [0.25, 0.3) is 0 Å². The monoisotopic (exact) mass is 239 g/mol. The lowest BCUT2D eigenvalue weighted by molar-refractivity contribution is -0.0139. The highest BCUT2D eigenvalue weighted by Gasteiger charge is 2.05. The Morgan fingerprint density at radius 3 is 2.82 bits per heavy atom. The second-order valence-electron chi connectivity index (χ2n) is 3.84. The highest BCUT2D eigenvalue weighted by atomic mass is 16.5. The Labute approximate surface area is 103 Å². The maximum atomic E-state index is 5.61. The molecule has 1 aromatic heterocycles. The molecule has 96 valence electrons. The Kier molecular flexibility index (Phi) is 5.86. The van der Waals surface area contributed by atoms with Crippen LogP contribution >= 0.6 is 0 Å². The average molecular weight is 239 g/mol. The Balaban J connectivity index is 2.48. The molecule has 1 rings (SSSR count). The van der Waals surface area contributed by atoms with Gasteiger partial charge in [-0.2, -0.15) is 0 Å². The fraction of sp³-hybridized carbons (Fsp3) is 0.667. The van der Waals surface area contributed by atoms with Crippen LogP contribution in [0.1, 0.15) is 25.4 Å². The van der Waals surface area contributed by atoms with E-state index < -0.39 is 0 Å². The van der Waals surface area contributed by atoms with Crippen molar-refractivity contribution < 1.29 is 9.47 Å². The van der Waals surface area contributed by atoms with Crippen LogP contribution in [0.3, 0.4) is 0 Å². The van der Waals surface area contributed by atoms with Gasteiger partial charge in [0.05, 0.1) is 12.7 Å². The van der Waals surface area contributed by atoms with Gasteiger partial charge in [0, 0.05) is 25.4 Å². The molecule has 0 spiro atoms. The number of aromatic nitrogens is 2. The first kappa shape index (κ1) is 13.9. The summed E-state index contributed by atoms with van der Waals surface area (Å²) in [5.41, 5.74) is 0.931. The van der Waals surface area contributed by atoms with Crippen molar-refractivity contribution in [2.45, 2.75) is 33.5 Å². The lowest BCUT2D eigenvalue weighted by Crippen LogP contribution is -2.17. The number of ether oxygens (including phenoxy) is 2. The van der Waals surface area contributed by atoms with Crippen LogP contribution in [0.15, 0.2) is 6.07 Å². The summed E-state index contributed by atoms with van der Waals surface area (Å²) < 4.78 is 10.9. The van der Waals surface area contributed by atoms with Crippen LogP contribution in [-0.2, 0) is 16.1 Å². The van der Waals surface area contributed by atoms with E-state index in [0.29, 0.717) is 25.6 Å². The Bertz CT molecular complexity index is 345. The minimum absolute atomic E-state index is 0.0529. The molecule has 0 aliphatic rings. The quantitative estimate of drug-likeness (QED) is 0.786. The van der Waals surface area contributed by atoms with Gasteiger partial charge in [-0.25, -0.2) is 9.97 Å². The third-order valence-electron chi connectivity index (χ3n) is 2.21. The predicted octanol–water partition coefficient (Wildman–Crippen LogP) is 1.77.